The van der Waals surface area contributed by atoms with Crippen LogP contribution in [0.15, 0.2) is 23.1 Å². The van der Waals surface area contributed by atoms with Gasteiger partial charge in [0.25, 0.3) is 0 Å². The largest absolute Gasteiger partial charge is 0.378 e. The highest BCUT2D eigenvalue weighted by molar-refractivity contribution is 7.89. The number of rotatable bonds is 6. The van der Waals surface area contributed by atoms with Crippen LogP contribution in [0.4, 0.5) is 4.39 Å². The molecule has 1 aromatic rings. The van der Waals surface area contributed by atoms with E-state index in [-0.39, 0.29) is 11.0 Å². The number of nitrogens with zero attached hydrogens (tertiary/aromatic N) is 1. The second-order valence-electron chi connectivity index (χ2n) is 5.53. The number of aryl methyl sites for hydroxylation is 1. The third-order valence-corrected chi connectivity index (χ3v) is 5.76. The van der Waals surface area contributed by atoms with E-state index in [4.69, 9.17) is 10.5 Å². The van der Waals surface area contributed by atoms with Crippen LogP contribution >= 0.6 is 0 Å². The number of sulfonamides is 1. The van der Waals surface area contributed by atoms with E-state index < -0.39 is 15.8 Å². The first-order valence-corrected chi connectivity index (χ1v) is 8.97. The molecule has 0 bridgehead atoms. The Morgan fingerprint density at radius 1 is 1.36 bits per heavy atom. The quantitative estimate of drug-likeness (QED) is 0.805. The van der Waals surface area contributed by atoms with Crippen LogP contribution in [-0.4, -0.2) is 45.1 Å². The van der Waals surface area contributed by atoms with Crippen LogP contribution in [0.5, 0.6) is 0 Å². The van der Waals surface area contributed by atoms with Gasteiger partial charge < -0.3 is 10.5 Å². The highest BCUT2D eigenvalue weighted by Crippen LogP contribution is 2.23. The summed E-state index contributed by atoms with van der Waals surface area (Å²) in [6, 6.07) is 3.90. The van der Waals surface area contributed by atoms with Crippen LogP contribution in [0.3, 0.4) is 0 Å². The Kier molecular flexibility index (Phi) is 5.91. The van der Waals surface area contributed by atoms with E-state index in [2.05, 4.69) is 0 Å². The van der Waals surface area contributed by atoms with Crippen molar-refractivity contribution in [1.82, 2.24) is 4.31 Å². The molecule has 1 fully saturated rings. The summed E-state index contributed by atoms with van der Waals surface area (Å²) in [5, 5.41) is 0. The van der Waals surface area contributed by atoms with Gasteiger partial charge in [0.1, 0.15) is 5.82 Å². The van der Waals surface area contributed by atoms with Gasteiger partial charge in [0.05, 0.1) is 11.0 Å². The predicted molar refractivity (Wildman–Crippen MR) is 82.5 cm³/mol. The van der Waals surface area contributed by atoms with Gasteiger partial charge in [-0.2, -0.15) is 4.31 Å². The minimum Gasteiger partial charge on any atom is -0.378 e. The van der Waals surface area contributed by atoms with Gasteiger partial charge in [-0.15, -0.1) is 0 Å². The molecule has 0 unspecified atom stereocenters. The van der Waals surface area contributed by atoms with Crippen molar-refractivity contribution in [1.29, 1.82) is 0 Å². The summed E-state index contributed by atoms with van der Waals surface area (Å²) in [4.78, 5) is 0.147. The molecule has 2 rings (SSSR count). The maximum Gasteiger partial charge on any atom is 0.243 e. The highest BCUT2D eigenvalue weighted by atomic mass is 32.2. The van der Waals surface area contributed by atoms with Gasteiger partial charge in [-0.1, -0.05) is 0 Å². The van der Waals surface area contributed by atoms with Crippen LogP contribution in [0.25, 0.3) is 0 Å². The average Bonchev–Trinajstić information content (AvgIpc) is 2.51. The van der Waals surface area contributed by atoms with Crippen molar-refractivity contribution in [2.24, 2.45) is 5.73 Å². The third kappa shape index (κ3) is 4.04. The normalized spacial score (nSPS) is 17.8. The lowest BCUT2D eigenvalue weighted by molar-refractivity contribution is 0.0209. The summed E-state index contributed by atoms with van der Waals surface area (Å²) in [7, 11) is -3.56. The third-order valence-electron chi connectivity index (χ3n) is 3.87. The molecule has 1 aliphatic heterocycles. The van der Waals surface area contributed by atoms with Gasteiger partial charge in [-0.3, -0.25) is 0 Å². The monoisotopic (exact) mass is 330 g/mol. The first-order chi connectivity index (χ1) is 10.4. The maximum atomic E-state index is 13.3. The number of benzene rings is 1. The molecule has 0 aromatic heterocycles. The highest BCUT2D eigenvalue weighted by Gasteiger charge is 2.29. The van der Waals surface area contributed by atoms with E-state index >= 15 is 0 Å². The summed E-state index contributed by atoms with van der Waals surface area (Å²) in [5.74, 6) is -0.397. The molecule has 0 saturated carbocycles. The Morgan fingerprint density at radius 2 is 2.05 bits per heavy atom. The molecule has 1 aliphatic rings. The maximum absolute atomic E-state index is 13.3. The minimum atomic E-state index is -3.56. The van der Waals surface area contributed by atoms with Crippen molar-refractivity contribution in [3.63, 3.8) is 0 Å². The van der Waals surface area contributed by atoms with Crippen molar-refractivity contribution >= 4 is 10.0 Å². The van der Waals surface area contributed by atoms with E-state index in [0.717, 1.165) is 6.42 Å². The molecule has 1 saturated heterocycles. The Morgan fingerprint density at radius 3 is 2.64 bits per heavy atom. The molecule has 124 valence electrons. The zero-order valence-corrected chi connectivity index (χ0v) is 13.6. The Labute approximate surface area is 131 Å². The number of nitrogens with two attached hydrogens (primary N) is 1. The first kappa shape index (κ1) is 17.3. The lowest BCUT2D eigenvalue weighted by Gasteiger charge is -2.31. The number of halogens is 1. The van der Waals surface area contributed by atoms with Gasteiger partial charge in [0.15, 0.2) is 0 Å². The minimum absolute atomic E-state index is 0.0907. The van der Waals surface area contributed by atoms with Crippen LogP contribution in [0.2, 0.25) is 0 Å². The van der Waals surface area contributed by atoms with Gasteiger partial charge in [-0.05, 0) is 56.5 Å². The van der Waals surface area contributed by atoms with Crippen LogP contribution in [0, 0.1) is 12.7 Å². The van der Waals surface area contributed by atoms with Gasteiger partial charge in [-0.25, -0.2) is 12.8 Å². The van der Waals surface area contributed by atoms with Gasteiger partial charge >= 0.3 is 0 Å². The number of piperidine rings is 1. The molecule has 0 spiro atoms. The summed E-state index contributed by atoms with van der Waals surface area (Å²) < 4.78 is 45.5. The predicted octanol–water partition coefficient (Wildman–Crippen LogP) is 1.65. The summed E-state index contributed by atoms with van der Waals surface area (Å²) >= 11 is 0. The first-order valence-electron chi connectivity index (χ1n) is 7.53. The summed E-state index contributed by atoms with van der Waals surface area (Å²) in [6.07, 6.45) is 2.24. The van der Waals surface area contributed by atoms with Crippen LogP contribution in [0.1, 0.15) is 24.8 Å². The molecule has 0 amide bonds. The lowest BCUT2D eigenvalue weighted by atomic mass is 10.1. The van der Waals surface area contributed by atoms with Crippen molar-refractivity contribution in [3.05, 3.63) is 29.6 Å². The van der Waals surface area contributed by atoms with Crippen molar-refractivity contribution in [2.45, 2.75) is 37.2 Å². The molecule has 22 heavy (non-hydrogen) atoms. The van der Waals surface area contributed by atoms with Crippen LogP contribution < -0.4 is 5.73 Å². The fraction of sp³-hybridized carbons (Fsp3) is 0.600. The van der Waals surface area contributed by atoms with E-state index in [1.54, 1.807) is 6.92 Å². The second-order valence-corrected chi connectivity index (χ2v) is 7.47. The average molecular weight is 330 g/mol. The zero-order chi connectivity index (χ0) is 16.2. The molecule has 1 aromatic carbocycles. The standard InChI is InChI=1S/C15H23FN2O3S/c1-12-11-14(3-4-15(12)16)22(19,20)18-8-5-13(6-9-18)21-10-2-7-17/h3-4,11,13H,2,5-10,17H2,1H3. The fourth-order valence-corrected chi connectivity index (χ4v) is 4.05. The molecule has 1 heterocycles. The van der Waals surface area contributed by atoms with Crippen LogP contribution in [-0.2, 0) is 14.8 Å². The molecule has 5 nitrogen and oxygen atoms in total. The Hall–Kier alpha value is -1.02. The molecule has 0 aliphatic carbocycles. The number of hydrogen-bond donors (Lipinski definition) is 1. The summed E-state index contributed by atoms with van der Waals surface area (Å²) in [5.41, 5.74) is 5.75. The van der Waals surface area contributed by atoms with E-state index in [0.29, 0.717) is 44.6 Å². The number of ether oxygens (including phenoxy) is 1. The zero-order valence-electron chi connectivity index (χ0n) is 12.8. The topological polar surface area (TPSA) is 72.6 Å². The molecule has 7 heteroatoms. The second kappa shape index (κ2) is 7.50. The smallest absolute Gasteiger partial charge is 0.243 e. The summed E-state index contributed by atoms with van der Waals surface area (Å²) in [6.45, 7) is 3.62. The van der Waals surface area contributed by atoms with E-state index in [1.807, 2.05) is 0 Å². The molecule has 0 radical (unpaired) electrons. The van der Waals surface area contributed by atoms with Gasteiger partial charge in [0.2, 0.25) is 10.0 Å². The Bertz CT molecular complexity index is 599. The lowest BCUT2D eigenvalue weighted by Crippen LogP contribution is -2.41. The molecule has 2 N–H and O–H groups in total. The number of hydrogen-bond acceptors (Lipinski definition) is 4. The van der Waals surface area contributed by atoms with Gasteiger partial charge in [0, 0.05) is 19.7 Å². The Balaban J connectivity index is 1.98. The molecular formula is C15H23FN2O3S. The molecule has 0 atom stereocenters. The SMILES string of the molecule is Cc1cc(S(=O)(=O)N2CCC(OCCCN)CC2)ccc1F. The molecular weight excluding hydrogens is 307 g/mol. The van der Waals surface area contributed by atoms with Crippen molar-refractivity contribution in [3.8, 4) is 0 Å². The van der Waals surface area contributed by atoms with Crippen molar-refractivity contribution < 1.29 is 17.5 Å². The van der Waals surface area contributed by atoms with E-state index in [1.165, 1.54) is 22.5 Å². The van der Waals surface area contributed by atoms with E-state index in [9.17, 15) is 12.8 Å². The van der Waals surface area contributed by atoms with Crippen molar-refractivity contribution in [2.75, 3.05) is 26.2 Å². The fourth-order valence-electron chi connectivity index (χ4n) is 2.50.